The van der Waals surface area contributed by atoms with E-state index < -0.39 is 0 Å². The van der Waals surface area contributed by atoms with Crippen molar-refractivity contribution in [3.8, 4) is 0 Å². The maximum atomic E-state index is 9.97. The van der Waals surface area contributed by atoms with Gasteiger partial charge in [0.25, 0.3) is 0 Å². The van der Waals surface area contributed by atoms with Gasteiger partial charge in [0.2, 0.25) is 0 Å². The first-order valence-electron chi connectivity index (χ1n) is 10.2. The number of aliphatic hydroxyl groups excluding tert-OH is 1. The van der Waals surface area contributed by atoms with Crippen LogP contribution in [0, 0.1) is 29.1 Å². The Balaban J connectivity index is 1.54. The van der Waals surface area contributed by atoms with Crippen LogP contribution < -0.4 is 0 Å². The van der Waals surface area contributed by atoms with Gasteiger partial charge < -0.3 is 5.11 Å². The van der Waals surface area contributed by atoms with E-state index in [1.807, 2.05) is 5.57 Å². The number of unbranched alkanes of at least 4 members (excludes halogenated alkanes) is 1. The Hall–Kier alpha value is -0.560. The topological polar surface area (TPSA) is 20.2 Å². The summed E-state index contributed by atoms with van der Waals surface area (Å²) in [6.45, 7) is 4.91. The van der Waals surface area contributed by atoms with Crippen LogP contribution in [0.15, 0.2) is 23.3 Å². The monoisotopic (exact) mass is 314 g/mol. The van der Waals surface area contributed by atoms with E-state index >= 15 is 0 Å². The Bertz CT molecular complexity index is 516. The predicted molar refractivity (Wildman–Crippen MR) is 96.1 cm³/mol. The molecule has 4 aliphatic carbocycles. The third-order valence-electron chi connectivity index (χ3n) is 7.97. The van der Waals surface area contributed by atoms with Gasteiger partial charge >= 0.3 is 0 Å². The summed E-state index contributed by atoms with van der Waals surface area (Å²) in [4.78, 5) is 0. The Morgan fingerprint density at radius 2 is 2.04 bits per heavy atom. The van der Waals surface area contributed by atoms with Crippen LogP contribution in [0.25, 0.3) is 0 Å². The summed E-state index contributed by atoms with van der Waals surface area (Å²) >= 11 is 0. The maximum absolute atomic E-state index is 9.97. The fraction of sp³-hybridized carbons (Fsp3) is 0.818. The molecule has 4 rings (SSSR count). The molecule has 0 bridgehead atoms. The lowest BCUT2D eigenvalue weighted by atomic mass is 9.51. The van der Waals surface area contributed by atoms with E-state index in [1.165, 1.54) is 57.8 Å². The van der Waals surface area contributed by atoms with Crippen molar-refractivity contribution >= 4 is 0 Å². The van der Waals surface area contributed by atoms with Gasteiger partial charge in [0.05, 0.1) is 6.10 Å². The number of fused-ring (bicyclic) bond motifs is 5. The van der Waals surface area contributed by atoms with Crippen LogP contribution in [0.1, 0.15) is 78.1 Å². The molecule has 0 aliphatic heterocycles. The van der Waals surface area contributed by atoms with Crippen molar-refractivity contribution < 1.29 is 5.11 Å². The number of hydrogen-bond acceptors (Lipinski definition) is 1. The summed E-state index contributed by atoms with van der Waals surface area (Å²) in [5, 5.41) is 9.97. The van der Waals surface area contributed by atoms with Gasteiger partial charge in [-0.25, -0.2) is 0 Å². The molecule has 0 heterocycles. The predicted octanol–water partition coefficient (Wildman–Crippen LogP) is 5.65. The standard InChI is InChI=1S/C22H34O/c1-3-4-5-16-7-11-21-20-9-6-15-14-17(23)8-10-18(15)19(20)12-13-22(16,21)2/h7,14,17-21,23H,3-6,8-13H2,1-2H3. The molecule has 23 heavy (non-hydrogen) atoms. The highest BCUT2D eigenvalue weighted by Gasteiger charge is 2.53. The molecule has 6 unspecified atom stereocenters. The average Bonchev–Trinajstić information content (AvgIpc) is 2.89. The third kappa shape index (κ3) is 2.54. The summed E-state index contributed by atoms with van der Waals surface area (Å²) in [5.74, 6) is 3.59. The van der Waals surface area contributed by atoms with E-state index in [0.29, 0.717) is 5.41 Å². The normalized spacial score (nSPS) is 45.6. The van der Waals surface area contributed by atoms with Crippen LogP contribution in [0.2, 0.25) is 0 Å². The lowest BCUT2D eigenvalue weighted by Gasteiger charge is -2.54. The van der Waals surface area contributed by atoms with Gasteiger partial charge in [-0.3, -0.25) is 0 Å². The first-order valence-corrected chi connectivity index (χ1v) is 10.2. The van der Waals surface area contributed by atoms with Crippen LogP contribution in [0.3, 0.4) is 0 Å². The molecule has 0 spiro atoms. The minimum Gasteiger partial charge on any atom is -0.389 e. The van der Waals surface area contributed by atoms with Crippen molar-refractivity contribution in [2.75, 3.05) is 0 Å². The molecule has 0 aromatic carbocycles. The second-order valence-electron chi connectivity index (χ2n) is 8.99. The van der Waals surface area contributed by atoms with Crippen LogP contribution in [0.5, 0.6) is 0 Å². The summed E-state index contributed by atoms with van der Waals surface area (Å²) in [6, 6.07) is 0. The SMILES string of the molecule is CCCCC1=CCC2C3CCC4=CC(O)CCC4C3CCC12C. The van der Waals surface area contributed by atoms with Crippen LogP contribution >= 0.6 is 0 Å². The lowest BCUT2D eigenvalue weighted by Crippen LogP contribution is -2.45. The molecule has 128 valence electrons. The van der Waals surface area contributed by atoms with Crippen molar-refractivity contribution in [3.05, 3.63) is 23.3 Å². The molecule has 2 fully saturated rings. The second kappa shape index (κ2) is 6.06. The fourth-order valence-corrected chi connectivity index (χ4v) is 6.72. The number of allylic oxidation sites excluding steroid dienone is 3. The van der Waals surface area contributed by atoms with Gasteiger partial charge in [0, 0.05) is 0 Å². The Kier molecular flexibility index (Phi) is 4.20. The highest BCUT2D eigenvalue weighted by atomic mass is 16.3. The molecule has 0 radical (unpaired) electrons. The molecule has 0 aromatic rings. The van der Waals surface area contributed by atoms with Gasteiger partial charge in [-0.15, -0.1) is 0 Å². The highest BCUT2D eigenvalue weighted by Crippen LogP contribution is 2.62. The Morgan fingerprint density at radius 1 is 1.17 bits per heavy atom. The van der Waals surface area contributed by atoms with Crippen LogP contribution in [-0.2, 0) is 0 Å². The zero-order chi connectivity index (χ0) is 16.0. The Morgan fingerprint density at radius 3 is 2.87 bits per heavy atom. The summed E-state index contributed by atoms with van der Waals surface area (Å²) in [7, 11) is 0. The lowest BCUT2D eigenvalue weighted by molar-refractivity contribution is 0.00335. The van der Waals surface area contributed by atoms with Crippen molar-refractivity contribution in [2.45, 2.75) is 84.2 Å². The smallest absolute Gasteiger partial charge is 0.0723 e. The van der Waals surface area contributed by atoms with E-state index in [-0.39, 0.29) is 6.10 Å². The van der Waals surface area contributed by atoms with E-state index in [1.54, 1.807) is 5.57 Å². The van der Waals surface area contributed by atoms with E-state index in [0.717, 1.165) is 30.1 Å². The number of rotatable bonds is 3. The third-order valence-corrected chi connectivity index (χ3v) is 7.97. The van der Waals surface area contributed by atoms with E-state index in [9.17, 15) is 5.11 Å². The molecule has 0 amide bonds. The fourth-order valence-electron chi connectivity index (χ4n) is 6.72. The Labute approximate surface area is 142 Å². The first-order chi connectivity index (χ1) is 11.1. The first kappa shape index (κ1) is 15.9. The summed E-state index contributed by atoms with van der Waals surface area (Å²) < 4.78 is 0. The minimum atomic E-state index is -0.152. The molecule has 0 saturated heterocycles. The zero-order valence-corrected chi connectivity index (χ0v) is 15.1. The van der Waals surface area contributed by atoms with Crippen LogP contribution in [0.4, 0.5) is 0 Å². The molecule has 0 aromatic heterocycles. The van der Waals surface area contributed by atoms with Crippen molar-refractivity contribution in [1.29, 1.82) is 0 Å². The summed E-state index contributed by atoms with van der Waals surface area (Å²) in [5.41, 5.74) is 3.94. The molecule has 1 nitrogen and oxygen atoms in total. The van der Waals surface area contributed by atoms with Crippen molar-refractivity contribution in [3.63, 3.8) is 0 Å². The molecular weight excluding hydrogens is 280 g/mol. The van der Waals surface area contributed by atoms with Gasteiger partial charge in [0.15, 0.2) is 0 Å². The van der Waals surface area contributed by atoms with Crippen molar-refractivity contribution in [2.24, 2.45) is 29.1 Å². The average molecular weight is 315 g/mol. The maximum Gasteiger partial charge on any atom is 0.0723 e. The minimum absolute atomic E-state index is 0.152. The molecule has 6 atom stereocenters. The van der Waals surface area contributed by atoms with E-state index in [2.05, 4.69) is 26.0 Å². The quantitative estimate of drug-likeness (QED) is 0.668. The summed E-state index contributed by atoms with van der Waals surface area (Å²) in [6.07, 6.45) is 17.8. The largest absolute Gasteiger partial charge is 0.389 e. The highest BCUT2D eigenvalue weighted by molar-refractivity contribution is 5.27. The van der Waals surface area contributed by atoms with Gasteiger partial charge in [-0.2, -0.15) is 0 Å². The number of hydrogen-bond donors (Lipinski definition) is 1. The van der Waals surface area contributed by atoms with E-state index in [4.69, 9.17) is 0 Å². The molecule has 4 aliphatic rings. The second-order valence-corrected chi connectivity index (χ2v) is 8.99. The molecular formula is C22H34O. The van der Waals surface area contributed by atoms with Gasteiger partial charge in [-0.05, 0) is 86.9 Å². The van der Waals surface area contributed by atoms with Gasteiger partial charge in [-0.1, -0.05) is 43.6 Å². The zero-order valence-electron chi connectivity index (χ0n) is 15.1. The van der Waals surface area contributed by atoms with Gasteiger partial charge in [0.1, 0.15) is 0 Å². The number of aliphatic hydroxyl groups is 1. The molecule has 1 heteroatoms. The van der Waals surface area contributed by atoms with Crippen molar-refractivity contribution in [1.82, 2.24) is 0 Å². The molecule has 1 N–H and O–H groups in total. The van der Waals surface area contributed by atoms with Crippen LogP contribution in [-0.4, -0.2) is 11.2 Å². The molecule has 2 saturated carbocycles.